The number of fused-ring (bicyclic) bond motifs is 1. The lowest BCUT2D eigenvalue weighted by Crippen LogP contribution is -2.03. The van der Waals surface area contributed by atoms with Gasteiger partial charge in [-0.15, -0.1) is 0 Å². The molecule has 1 aliphatic rings. The SMILES string of the molecule is O=C1Cc2cc(C(Br)Cc3ccc(Br)cc3)c(Cl)cc2N1. The second kappa shape index (κ2) is 6.11. The topological polar surface area (TPSA) is 29.1 Å². The van der Waals surface area contributed by atoms with Crippen molar-refractivity contribution >= 4 is 55.1 Å². The summed E-state index contributed by atoms with van der Waals surface area (Å²) >= 11 is 13.5. The van der Waals surface area contributed by atoms with E-state index in [0.717, 1.165) is 27.7 Å². The maximum atomic E-state index is 11.4. The molecule has 0 spiro atoms. The van der Waals surface area contributed by atoms with Crippen LogP contribution in [0.2, 0.25) is 5.02 Å². The Bertz CT molecular complexity index is 700. The number of carbonyl (C=O) groups is 1. The number of nitrogens with one attached hydrogen (secondary N) is 1. The molecule has 2 nitrogen and oxygen atoms in total. The van der Waals surface area contributed by atoms with E-state index in [0.29, 0.717) is 11.4 Å². The molecule has 0 bridgehead atoms. The van der Waals surface area contributed by atoms with Crippen molar-refractivity contribution in [2.24, 2.45) is 0 Å². The molecule has 0 aliphatic carbocycles. The van der Waals surface area contributed by atoms with Crippen molar-refractivity contribution < 1.29 is 4.79 Å². The Morgan fingerprint density at radius 3 is 2.67 bits per heavy atom. The van der Waals surface area contributed by atoms with Crippen LogP contribution < -0.4 is 5.32 Å². The summed E-state index contributed by atoms with van der Waals surface area (Å²) in [5, 5.41) is 3.49. The quantitative estimate of drug-likeness (QED) is 0.661. The largest absolute Gasteiger partial charge is 0.325 e. The lowest BCUT2D eigenvalue weighted by molar-refractivity contribution is -0.115. The maximum absolute atomic E-state index is 11.4. The van der Waals surface area contributed by atoms with Gasteiger partial charge in [-0.05, 0) is 41.3 Å². The molecule has 108 valence electrons. The molecular weight excluding hydrogens is 417 g/mol. The number of amides is 1. The van der Waals surface area contributed by atoms with Gasteiger partial charge in [0.05, 0.1) is 6.42 Å². The second-order valence-electron chi connectivity index (χ2n) is 5.05. The van der Waals surface area contributed by atoms with E-state index >= 15 is 0 Å². The van der Waals surface area contributed by atoms with Crippen molar-refractivity contribution in [3.8, 4) is 0 Å². The van der Waals surface area contributed by atoms with E-state index in [1.165, 1.54) is 5.56 Å². The fourth-order valence-electron chi connectivity index (χ4n) is 2.44. The standard InChI is InChI=1S/C16H12Br2ClNO/c17-11-3-1-9(2-4-11)5-13(18)12-6-10-7-16(21)20-15(10)8-14(12)19/h1-4,6,8,13H,5,7H2,(H,20,21). The molecule has 0 aromatic heterocycles. The van der Waals surface area contributed by atoms with E-state index in [2.05, 4.69) is 49.3 Å². The lowest BCUT2D eigenvalue weighted by atomic mass is 10.0. The number of halogens is 3. The molecule has 0 fully saturated rings. The molecule has 1 unspecified atom stereocenters. The van der Waals surface area contributed by atoms with E-state index in [1.54, 1.807) is 0 Å². The third kappa shape index (κ3) is 3.33. The number of rotatable bonds is 3. The van der Waals surface area contributed by atoms with Crippen LogP contribution in [0.25, 0.3) is 0 Å². The van der Waals surface area contributed by atoms with E-state index in [4.69, 9.17) is 11.6 Å². The second-order valence-corrected chi connectivity index (χ2v) is 7.48. The van der Waals surface area contributed by atoms with Crippen LogP contribution in [0.1, 0.15) is 21.5 Å². The Morgan fingerprint density at radius 2 is 1.95 bits per heavy atom. The van der Waals surface area contributed by atoms with Crippen molar-refractivity contribution in [1.29, 1.82) is 0 Å². The van der Waals surface area contributed by atoms with Gasteiger partial charge in [-0.25, -0.2) is 0 Å². The summed E-state index contributed by atoms with van der Waals surface area (Å²) in [6.45, 7) is 0. The smallest absolute Gasteiger partial charge is 0.228 e. The molecule has 1 aliphatic heterocycles. The van der Waals surface area contributed by atoms with Crippen molar-refractivity contribution in [2.75, 3.05) is 5.32 Å². The number of anilines is 1. The lowest BCUT2D eigenvalue weighted by Gasteiger charge is -2.14. The number of carbonyl (C=O) groups excluding carboxylic acids is 1. The van der Waals surface area contributed by atoms with Gasteiger partial charge >= 0.3 is 0 Å². The Morgan fingerprint density at radius 1 is 1.24 bits per heavy atom. The van der Waals surface area contributed by atoms with E-state index in [1.807, 2.05) is 24.3 Å². The first-order chi connectivity index (χ1) is 10.0. The van der Waals surface area contributed by atoms with E-state index in [9.17, 15) is 4.79 Å². The Labute approximate surface area is 145 Å². The molecule has 21 heavy (non-hydrogen) atoms. The highest BCUT2D eigenvalue weighted by Gasteiger charge is 2.22. The van der Waals surface area contributed by atoms with Crippen LogP contribution in [0, 0.1) is 0 Å². The molecule has 1 heterocycles. The molecule has 3 rings (SSSR count). The number of benzene rings is 2. The van der Waals surface area contributed by atoms with Crippen LogP contribution in [0.4, 0.5) is 5.69 Å². The Balaban J connectivity index is 1.85. The third-order valence-electron chi connectivity index (χ3n) is 3.51. The number of alkyl halides is 1. The summed E-state index contributed by atoms with van der Waals surface area (Å²) in [5.74, 6) is 0.0252. The van der Waals surface area contributed by atoms with Gasteiger partial charge in [-0.3, -0.25) is 4.79 Å². The fraction of sp³-hybridized carbons (Fsp3) is 0.188. The zero-order valence-corrected chi connectivity index (χ0v) is 14.9. The van der Waals surface area contributed by atoms with Crippen molar-refractivity contribution in [2.45, 2.75) is 17.7 Å². The Kier molecular flexibility index (Phi) is 4.38. The minimum atomic E-state index is 0.0252. The molecule has 1 N–H and O–H groups in total. The maximum Gasteiger partial charge on any atom is 0.228 e. The molecule has 1 amide bonds. The molecule has 0 saturated heterocycles. The van der Waals surface area contributed by atoms with Gasteiger partial charge in [0, 0.05) is 20.0 Å². The first kappa shape index (κ1) is 15.1. The van der Waals surface area contributed by atoms with Gasteiger partial charge in [0.25, 0.3) is 0 Å². The van der Waals surface area contributed by atoms with E-state index in [-0.39, 0.29) is 10.7 Å². The van der Waals surface area contributed by atoms with E-state index < -0.39 is 0 Å². The van der Waals surface area contributed by atoms with Crippen molar-refractivity contribution in [3.05, 3.63) is 62.6 Å². The van der Waals surface area contributed by atoms with Crippen LogP contribution in [0.5, 0.6) is 0 Å². The van der Waals surface area contributed by atoms with Crippen LogP contribution in [-0.4, -0.2) is 5.91 Å². The van der Waals surface area contributed by atoms with Gasteiger partial charge in [-0.1, -0.05) is 61.7 Å². The highest BCUT2D eigenvalue weighted by Crippen LogP contribution is 2.37. The predicted octanol–water partition coefficient (Wildman–Crippen LogP) is 5.28. The highest BCUT2D eigenvalue weighted by molar-refractivity contribution is 9.10. The van der Waals surface area contributed by atoms with Gasteiger partial charge in [0.1, 0.15) is 0 Å². The van der Waals surface area contributed by atoms with Crippen LogP contribution in [0.15, 0.2) is 40.9 Å². The molecule has 1 atom stereocenters. The molecule has 5 heteroatoms. The molecular formula is C16H12Br2ClNO. The summed E-state index contributed by atoms with van der Waals surface area (Å²) in [7, 11) is 0. The molecule has 0 saturated carbocycles. The predicted molar refractivity (Wildman–Crippen MR) is 93.3 cm³/mol. The minimum absolute atomic E-state index is 0.0252. The summed E-state index contributed by atoms with van der Waals surface area (Å²) in [5.41, 5.74) is 4.09. The number of hydrogen-bond acceptors (Lipinski definition) is 1. The first-order valence-corrected chi connectivity index (χ1v) is 8.62. The van der Waals surface area contributed by atoms with Gasteiger partial charge in [0.2, 0.25) is 5.91 Å². The summed E-state index contributed by atoms with van der Waals surface area (Å²) < 4.78 is 1.07. The summed E-state index contributed by atoms with van der Waals surface area (Å²) in [6.07, 6.45) is 1.27. The van der Waals surface area contributed by atoms with Crippen molar-refractivity contribution in [1.82, 2.24) is 0 Å². The third-order valence-corrected chi connectivity index (χ3v) is 5.19. The minimum Gasteiger partial charge on any atom is -0.325 e. The molecule has 0 radical (unpaired) electrons. The van der Waals surface area contributed by atoms with Crippen LogP contribution in [0.3, 0.4) is 0 Å². The van der Waals surface area contributed by atoms with Crippen molar-refractivity contribution in [3.63, 3.8) is 0 Å². The molecule has 2 aromatic carbocycles. The highest BCUT2D eigenvalue weighted by atomic mass is 79.9. The summed E-state index contributed by atoms with van der Waals surface area (Å²) in [6, 6.07) is 12.1. The Hall–Kier alpha value is -0.840. The normalized spacial score (nSPS) is 14.7. The fourth-order valence-corrected chi connectivity index (χ4v) is 3.89. The molecule has 2 aromatic rings. The zero-order chi connectivity index (χ0) is 15.0. The zero-order valence-electron chi connectivity index (χ0n) is 11.0. The van der Waals surface area contributed by atoms with Gasteiger partial charge < -0.3 is 5.32 Å². The first-order valence-electron chi connectivity index (χ1n) is 6.53. The average Bonchev–Trinajstić information content (AvgIpc) is 2.79. The number of hydrogen-bond donors (Lipinski definition) is 1. The van der Waals surface area contributed by atoms with Gasteiger partial charge in [0.15, 0.2) is 0 Å². The monoisotopic (exact) mass is 427 g/mol. The van der Waals surface area contributed by atoms with Crippen LogP contribution in [-0.2, 0) is 17.6 Å². The van der Waals surface area contributed by atoms with Gasteiger partial charge in [-0.2, -0.15) is 0 Å². The van der Waals surface area contributed by atoms with Crippen LogP contribution >= 0.6 is 43.5 Å². The average molecular weight is 430 g/mol. The summed E-state index contributed by atoms with van der Waals surface area (Å²) in [4.78, 5) is 11.6.